The minimum atomic E-state index is -1.09. The summed E-state index contributed by atoms with van der Waals surface area (Å²) in [4.78, 5) is 33.8. The van der Waals surface area contributed by atoms with Crippen LogP contribution in [0.5, 0.6) is 0 Å². The van der Waals surface area contributed by atoms with Crippen molar-refractivity contribution < 1.29 is 23.2 Å². The normalized spacial score (nSPS) is 11.8. The summed E-state index contributed by atoms with van der Waals surface area (Å²) in [5.41, 5.74) is 4.69. The molecule has 0 aliphatic rings. The van der Waals surface area contributed by atoms with E-state index in [1.54, 1.807) is 0 Å². The molecule has 1 atom stereocenters. The first kappa shape index (κ1) is 15.7. The lowest BCUT2D eigenvalue weighted by molar-refractivity contribution is -0.120. The van der Waals surface area contributed by atoms with Crippen molar-refractivity contribution in [3.63, 3.8) is 0 Å². The number of primary amides is 1. The highest BCUT2D eigenvalue weighted by molar-refractivity contribution is 5.97. The molecule has 0 aliphatic carbocycles. The van der Waals surface area contributed by atoms with Crippen molar-refractivity contribution in [2.24, 2.45) is 5.73 Å². The van der Waals surface area contributed by atoms with E-state index in [1.165, 1.54) is 6.92 Å². The number of hydrogen-bond donors (Lipinski definition) is 2. The number of ketones is 1. The van der Waals surface area contributed by atoms with E-state index in [4.69, 9.17) is 5.73 Å². The molecular formula is C13H14F2N2O3. The average Bonchev–Trinajstić information content (AvgIpc) is 2.33. The van der Waals surface area contributed by atoms with Gasteiger partial charge in [0.2, 0.25) is 5.91 Å². The van der Waals surface area contributed by atoms with Gasteiger partial charge in [-0.15, -0.1) is 0 Å². The smallest absolute Gasteiger partial charge is 0.254 e. The lowest BCUT2D eigenvalue weighted by atomic mass is 10.1. The fraction of sp³-hybridized carbons (Fsp3) is 0.308. The third-order valence-electron chi connectivity index (χ3n) is 2.61. The van der Waals surface area contributed by atoms with Gasteiger partial charge in [-0.25, -0.2) is 8.78 Å². The zero-order valence-electron chi connectivity index (χ0n) is 10.8. The van der Waals surface area contributed by atoms with E-state index >= 15 is 0 Å². The maximum absolute atomic E-state index is 13.4. The zero-order chi connectivity index (χ0) is 15.3. The Bertz CT molecular complexity index is 546. The third kappa shape index (κ3) is 4.42. The van der Waals surface area contributed by atoms with Crippen LogP contribution < -0.4 is 11.1 Å². The van der Waals surface area contributed by atoms with Crippen LogP contribution in [-0.4, -0.2) is 23.6 Å². The molecule has 0 saturated carbocycles. The average molecular weight is 284 g/mol. The van der Waals surface area contributed by atoms with Crippen LogP contribution in [0.3, 0.4) is 0 Å². The standard InChI is InChI=1S/C13H14F2N2O3/c1-7(18)2-5-11(12(16)19)17-13(20)9-4-3-8(14)6-10(9)15/h3-4,6,11H,2,5H2,1H3,(H2,16,19)(H,17,20)/t11-/m1/s1. The van der Waals surface area contributed by atoms with E-state index in [2.05, 4.69) is 5.32 Å². The largest absolute Gasteiger partial charge is 0.368 e. The van der Waals surface area contributed by atoms with Crippen molar-refractivity contribution in [3.8, 4) is 0 Å². The molecule has 2 amide bonds. The number of carbonyl (C=O) groups is 3. The molecule has 0 bridgehead atoms. The van der Waals surface area contributed by atoms with Crippen LogP contribution in [0.4, 0.5) is 8.78 Å². The van der Waals surface area contributed by atoms with Crippen LogP contribution >= 0.6 is 0 Å². The molecule has 7 heteroatoms. The third-order valence-corrected chi connectivity index (χ3v) is 2.61. The van der Waals surface area contributed by atoms with E-state index in [9.17, 15) is 23.2 Å². The van der Waals surface area contributed by atoms with Gasteiger partial charge in [0.15, 0.2) is 0 Å². The molecule has 1 aromatic carbocycles. The van der Waals surface area contributed by atoms with Crippen LogP contribution in [0.1, 0.15) is 30.1 Å². The van der Waals surface area contributed by atoms with Gasteiger partial charge in [-0.3, -0.25) is 9.59 Å². The Morgan fingerprint density at radius 2 is 1.95 bits per heavy atom. The van der Waals surface area contributed by atoms with Gasteiger partial charge in [-0.2, -0.15) is 0 Å². The van der Waals surface area contributed by atoms with Gasteiger partial charge in [0.1, 0.15) is 23.5 Å². The number of halogens is 2. The predicted molar refractivity (Wildman–Crippen MR) is 66.7 cm³/mol. The number of nitrogens with two attached hydrogens (primary N) is 1. The van der Waals surface area contributed by atoms with Crippen molar-refractivity contribution in [2.75, 3.05) is 0 Å². The minimum absolute atomic E-state index is 0.0270. The Kier molecular flexibility index (Phi) is 5.31. The fourth-order valence-electron chi connectivity index (χ4n) is 1.54. The molecule has 0 saturated heterocycles. The summed E-state index contributed by atoms with van der Waals surface area (Å²) in [7, 11) is 0. The number of amides is 2. The van der Waals surface area contributed by atoms with Crippen molar-refractivity contribution >= 4 is 17.6 Å². The Labute approximate surface area is 114 Å². The van der Waals surface area contributed by atoms with Crippen molar-refractivity contribution in [1.29, 1.82) is 0 Å². The Hall–Kier alpha value is -2.31. The van der Waals surface area contributed by atoms with Crippen LogP contribution in [0.15, 0.2) is 18.2 Å². The summed E-state index contributed by atoms with van der Waals surface area (Å²) in [5.74, 6) is -3.75. The van der Waals surface area contributed by atoms with Crippen molar-refractivity contribution in [1.82, 2.24) is 5.32 Å². The quantitative estimate of drug-likeness (QED) is 0.814. The number of hydrogen-bond acceptors (Lipinski definition) is 3. The van der Waals surface area contributed by atoms with E-state index in [1.807, 2.05) is 0 Å². The first-order valence-corrected chi connectivity index (χ1v) is 5.86. The summed E-state index contributed by atoms with van der Waals surface area (Å²) >= 11 is 0. The van der Waals surface area contributed by atoms with E-state index in [-0.39, 0.29) is 18.6 Å². The fourth-order valence-corrected chi connectivity index (χ4v) is 1.54. The first-order chi connectivity index (χ1) is 9.31. The molecular weight excluding hydrogens is 270 g/mol. The molecule has 20 heavy (non-hydrogen) atoms. The van der Waals surface area contributed by atoms with E-state index in [0.717, 1.165) is 12.1 Å². The van der Waals surface area contributed by atoms with Gasteiger partial charge in [0.05, 0.1) is 5.56 Å². The van der Waals surface area contributed by atoms with Gasteiger partial charge >= 0.3 is 0 Å². The minimum Gasteiger partial charge on any atom is -0.368 e. The summed E-state index contributed by atoms with van der Waals surface area (Å²) in [6.45, 7) is 1.33. The highest BCUT2D eigenvalue weighted by Crippen LogP contribution is 2.10. The highest BCUT2D eigenvalue weighted by Gasteiger charge is 2.21. The molecule has 5 nitrogen and oxygen atoms in total. The Balaban J connectivity index is 2.80. The summed E-state index contributed by atoms with van der Waals surface area (Å²) in [5, 5.41) is 2.22. The SMILES string of the molecule is CC(=O)CC[C@@H](NC(=O)c1ccc(F)cc1F)C(N)=O. The van der Waals surface area contributed by atoms with Crippen LogP contribution in [0.25, 0.3) is 0 Å². The molecule has 0 fully saturated rings. The lowest BCUT2D eigenvalue weighted by Crippen LogP contribution is -2.44. The zero-order valence-corrected chi connectivity index (χ0v) is 10.8. The molecule has 3 N–H and O–H groups in total. The molecule has 0 unspecified atom stereocenters. The number of carbonyl (C=O) groups excluding carboxylic acids is 3. The molecule has 0 aliphatic heterocycles. The Morgan fingerprint density at radius 1 is 1.30 bits per heavy atom. The van der Waals surface area contributed by atoms with Crippen LogP contribution in [0, 0.1) is 11.6 Å². The molecule has 1 aromatic rings. The van der Waals surface area contributed by atoms with Gasteiger partial charge in [-0.1, -0.05) is 0 Å². The maximum Gasteiger partial charge on any atom is 0.254 e. The van der Waals surface area contributed by atoms with E-state index < -0.39 is 35.1 Å². The lowest BCUT2D eigenvalue weighted by Gasteiger charge is -2.15. The second kappa shape index (κ2) is 6.74. The van der Waals surface area contributed by atoms with E-state index in [0.29, 0.717) is 6.07 Å². The molecule has 108 valence electrons. The van der Waals surface area contributed by atoms with Crippen LogP contribution in [-0.2, 0) is 9.59 Å². The predicted octanol–water partition coefficient (Wildman–Crippen LogP) is 0.918. The summed E-state index contributed by atoms with van der Waals surface area (Å²) in [6.07, 6.45) is 0.0823. The van der Waals surface area contributed by atoms with Gasteiger partial charge in [-0.05, 0) is 25.5 Å². The Morgan fingerprint density at radius 3 is 2.45 bits per heavy atom. The molecule has 0 aromatic heterocycles. The molecule has 0 heterocycles. The number of benzene rings is 1. The van der Waals surface area contributed by atoms with Gasteiger partial charge in [0.25, 0.3) is 5.91 Å². The van der Waals surface area contributed by atoms with Crippen LogP contribution in [0.2, 0.25) is 0 Å². The molecule has 1 rings (SSSR count). The van der Waals surface area contributed by atoms with Crippen molar-refractivity contribution in [3.05, 3.63) is 35.4 Å². The molecule has 0 radical (unpaired) electrons. The maximum atomic E-state index is 13.4. The monoisotopic (exact) mass is 284 g/mol. The second-order valence-corrected chi connectivity index (χ2v) is 4.29. The van der Waals surface area contributed by atoms with Gasteiger partial charge < -0.3 is 15.8 Å². The first-order valence-electron chi connectivity index (χ1n) is 5.86. The number of rotatable bonds is 6. The summed E-state index contributed by atoms with van der Waals surface area (Å²) < 4.78 is 26.1. The van der Waals surface area contributed by atoms with Crippen molar-refractivity contribution in [2.45, 2.75) is 25.8 Å². The number of nitrogens with one attached hydrogen (secondary N) is 1. The highest BCUT2D eigenvalue weighted by atomic mass is 19.1. The summed E-state index contributed by atoms with van der Waals surface area (Å²) in [6, 6.07) is 1.36. The number of Topliss-reactive ketones (excluding diaryl/α,β-unsaturated/α-hetero) is 1. The molecule has 0 spiro atoms. The van der Waals surface area contributed by atoms with Gasteiger partial charge in [0, 0.05) is 12.5 Å². The second-order valence-electron chi connectivity index (χ2n) is 4.29. The topological polar surface area (TPSA) is 89.3 Å².